The van der Waals surface area contributed by atoms with E-state index in [1.807, 2.05) is 18.2 Å². The molecule has 0 saturated heterocycles. The molecular weight excluding hydrogens is 236 g/mol. The Hall–Kier alpha value is -1.61. The Morgan fingerprint density at radius 1 is 1.21 bits per heavy atom. The molecule has 2 atom stereocenters. The second-order valence-corrected chi connectivity index (χ2v) is 4.98. The van der Waals surface area contributed by atoms with Crippen molar-refractivity contribution in [2.75, 3.05) is 6.54 Å². The van der Waals surface area contributed by atoms with Gasteiger partial charge in [0.1, 0.15) is 17.4 Å². The zero-order valence-corrected chi connectivity index (χ0v) is 11.9. The van der Waals surface area contributed by atoms with Crippen LogP contribution < -0.4 is 10.1 Å². The van der Waals surface area contributed by atoms with Gasteiger partial charge < -0.3 is 10.1 Å². The van der Waals surface area contributed by atoms with Gasteiger partial charge in [-0.25, -0.2) is 0 Å². The summed E-state index contributed by atoms with van der Waals surface area (Å²) in [6.07, 6.45) is 3.06. The highest BCUT2D eigenvalue weighted by molar-refractivity contribution is 5.84. The van der Waals surface area contributed by atoms with Gasteiger partial charge in [-0.2, -0.15) is 0 Å². The Morgan fingerprint density at radius 3 is 2.79 bits per heavy atom. The summed E-state index contributed by atoms with van der Waals surface area (Å²) in [5, 5.41) is 4.57. The molecule has 0 aliphatic rings. The van der Waals surface area contributed by atoms with Gasteiger partial charge in [-0.3, -0.25) is 4.98 Å². The molecule has 1 heterocycles. The third kappa shape index (κ3) is 3.67. The standard InChI is InChI=1S/C16H22N2O/c1-4-12(2)18-11-13(3)19-15-9-5-7-14-8-6-10-17-16(14)15/h5-10,12-13,18H,4,11H2,1-3H3. The van der Waals surface area contributed by atoms with Crippen molar-refractivity contribution in [1.82, 2.24) is 10.3 Å². The molecule has 2 rings (SSSR count). The Bertz CT molecular complexity index is 522. The molecule has 0 bridgehead atoms. The molecule has 0 aliphatic heterocycles. The second kappa shape index (κ2) is 6.53. The zero-order valence-electron chi connectivity index (χ0n) is 11.9. The van der Waals surface area contributed by atoms with E-state index in [4.69, 9.17) is 4.74 Å². The van der Waals surface area contributed by atoms with Gasteiger partial charge in [-0.15, -0.1) is 0 Å². The third-order valence-electron chi connectivity index (χ3n) is 3.29. The molecule has 2 unspecified atom stereocenters. The van der Waals surface area contributed by atoms with E-state index >= 15 is 0 Å². The van der Waals surface area contributed by atoms with Crippen LogP contribution >= 0.6 is 0 Å². The molecule has 2 aromatic rings. The highest BCUT2D eigenvalue weighted by Crippen LogP contribution is 2.23. The van der Waals surface area contributed by atoms with Crippen molar-refractivity contribution in [2.45, 2.75) is 39.3 Å². The number of para-hydroxylation sites is 1. The van der Waals surface area contributed by atoms with Crippen molar-refractivity contribution in [3.63, 3.8) is 0 Å². The van der Waals surface area contributed by atoms with Crippen LogP contribution in [-0.4, -0.2) is 23.7 Å². The number of ether oxygens (including phenoxy) is 1. The van der Waals surface area contributed by atoms with Gasteiger partial charge in [0.2, 0.25) is 0 Å². The van der Waals surface area contributed by atoms with E-state index in [-0.39, 0.29) is 6.10 Å². The van der Waals surface area contributed by atoms with E-state index in [0.717, 1.165) is 29.6 Å². The van der Waals surface area contributed by atoms with Gasteiger partial charge in [-0.1, -0.05) is 25.1 Å². The SMILES string of the molecule is CCC(C)NCC(C)Oc1cccc2cccnc12. The van der Waals surface area contributed by atoms with Gasteiger partial charge in [0, 0.05) is 24.2 Å². The number of aromatic nitrogens is 1. The lowest BCUT2D eigenvalue weighted by atomic mass is 10.2. The van der Waals surface area contributed by atoms with Crippen molar-refractivity contribution in [1.29, 1.82) is 0 Å². The van der Waals surface area contributed by atoms with E-state index in [0.29, 0.717) is 6.04 Å². The molecule has 3 heteroatoms. The van der Waals surface area contributed by atoms with Crippen molar-refractivity contribution >= 4 is 10.9 Å². The Labute approximate surface area is 115 Å². The molecule has 0 spiro atoms. The lowest BCUT2D eigenvalue weighted by Crippen LogP contribution is -2.34. The Kier molecular flexibility index (Phi) is 4.74. The summed E-state index contributed by atoms with van der Waals surface area (Å²) < 4.78 is 6.00. The first-order chi connectivity index (χ1) is 9.20. The molecule has 3 nitrogen and oxygen atoms in total. The van der Waals surface area contributed by atoms with E-state index in [9.17, 15) is 0 Å². The van der Waals surface area contributed by atoms with Gasteiger partial charge in [0.25, 0.3) is 0 Å². The number of rotatable bonds is 6. The maximum atomic E-state index is 6.00. The molecule has 0 amide bonds. The summed E-state index contributed by atoms with van der Waals surface area (Å²) in [5.74, 6) is 0.858. The van der Waals surface area contributed by atoms with Crippen LogP contribution in [0.25, 0.3) is 10.9 Å². The van der Waals surface area contributed by atoms with E-state index in [2.05, 4.69) is 43.2 Å². The number of nitrogens with one attached hydrogen (secondary N) is 1. The molecule has 1 aromatic carbocycles. The lowest BCUT2D eigenvalue weighted by Gasteiger charge is -2.19. The number of hydrogen-bond donors (Lipinski definition) is 1. The van der Waals surface area contributed by atoms with Crippen molar-refractivity contribution in [3.05, 3.63) is 36.5 Å². The molecule has 19 heavy (non-hydrogen) atoms. The quantitative estimate of drug-likeness (QED) is 0.862. The number of benzene rings is 1. The minimum Gasteiger partial charge on any atom is -0.487 e. The lowest BCUT2D eigenvalue weighted by molar-refractivity contribution is 0.214. The van der Waals surface area contributed by atoms with Gasteiger partial charge >= 0.3 is 0 Å². The van der Waals surface area contributed by atoms with Gasteiger partial charge in [0.15, 0.2) is 0 Å². The molecule has 0 saturated carbocycles. The monoisotopic (exact) mass is 258 g/mol. The van der Waals surface area contributed by atoms with Crippen LogP contribution in [0, 0.1) is 0 Å². The topological polar surface area (TPSA) is 34.1 Å². The second-order valence-electron chi connectivity index (χ2n) is 4.98. The van der Waals surface area contributed by atoms with Crippen LogP contribution in [-0.2, 0) is 0 Å². The highest BCUT2D eigenvalue weighted by atomic mass is 16.5. The maximum absolute atomic E-state index is 6.00. The first-order valence-corrected chi connectivity index (χ1v) is 6.94. The third-order valence-corrected chi connectivity index (χ3v) is 3.29. The predicted molar refractivity (Wildman–Crippen MR) is 79.6 cm³/mol. The fourth-order valence-electron chi connectivity index (χ4n) is 1.94. The molecule has 0 radical (unpaired) electrons. The van der Waals surface area contributed by atoms with Crippen LogP contribution in [0.15, 0.2) is 36.5 Å². The largest absolute Gasteiger partial charge is 0.487 e. The fourth-order valence-corrected chi connectivity index (χ4v) is 1.94. The number of nitrogens with zero attached hydrogens (tertiary/aromatic N) is 1. The molecular formula is C16H22N2O. The van der Waals surface area contributed by atoms with Crippen molar-refractivity contribution in [3.8, 4) is 5.75 Å². The van der Waals surface area contributed by atoms with Crippen molar-refractivity contribution in [2.24, 2.45) is 0 Å². The smallest absolute Gasteiger partial charge is 0.145 e. The molecule has 1 N–H and O–H groups in total. The summed E-state index contributed by atoms with van der Waals surface area (Å²) in [6.45, 7) is 7.29. The minimum atomic E-state index is 0.126. The van der Waals surface area contributed by atoms with Gasteiger partial charge in [0.05, 0.1) is 0 Å². The predicted octanol–water partition coefficient (Wildman–Crippen LogP) is 3.39. The maximum Gasteiger partial charge on any atom is 0.145 e. The Balaban J connectivity index is 2.04. The number of pyridine rings is 1. The average Bonchev–Trinajstić information content (AvgIpc) is 2.45. The summed E-state index contributed by atoms with van der Waals surface area (Å²) in [7, 11) is 0. The van der Waals surface area contributed by atoms with Crippen LogP contribution in [0.2, 0.25) is 0 Å². The number of fused-ring (bicyclic) bond motifs is 1. The first kappa shape index (κ1) is 13.8. The van der Waals surface area contributed by atoms with Crippen LogP contribution in [0.5, 0.6) is 5.75 Å². The fraction of sp³-hybridized carbons (Fsp3) is 0.438. The average molecular weight is 258 g/mol. The highest BCUT2D eigenvalue weighted by Gasteiger charge is 2.08. The molecule has 1 aromatic heterocycles. The zero-order chi connectivity index (χ0) is 13.7. The molecule has 102 valence electrons. The van der Waals surface area contributed by atoms with E-state index in [1.54, 1.807) is 6.20 Å². The summed E-state index contributed by atoms with van der Waals surface area (Å²) in [6, 6.07) is 10.6. The summed E-state index contributed by atoms with van der Waals surface area (Å²) in [5.41, 5.74) is 0.931. The molecule has 0 aliphatic carbocycles. The van der Waals surface area contributed by atoms with Crippen molar-refractivity contribution < 1.29 is 4.74 Å². The normalized spacial score (nSPS) is 14.3. The van der Waals surface area contributed by atoms with Crippen LogP contribution in [0.1, 0.15) is 27.2 Å². The Morgan fingerprint density at radius 2 is 2.00 bits per heavy atom. The van der Waals surface area contributed by atoms with Gasteiger partial charge in [-0.05, 0) is 32.4 Å². The molecule has 0 fully saturated rings. The minimum absolute atomic E-state index is 0.126. The first-order valence-electron chi connectivity index (χ1n) is 6.94. The summed E-state index contributed by atoms with van der Waals surface area (Å²) >= 11 is 0. The van der Waals surface area contributed by atoms with E-state index < -0.39 is 0 Å². The van der Waals surface area contributed by atoms with Crippen LogP contribution in [0.4, 0.5) is 0 Å². The van der Waals surface area contributed by atoms with Crippen LogP contribution in [0.3, 0.4) is 0 Å². The van der Waals surface area contributed by atoms with E-state index in [1.165, 1.54) is 0 Å². The summed E-state index contributed by atoms with van der Waals surface area (Å²) in [4.78, 5) is 4.40. The number of hydrogen-bond acceptors (Lipinski definition) is 3.